The van der Waals surface area contributed by atoms with E-state index in [0.29, 0.717) is 16.5 Å². The minimum Gasteiger partial charge on any atom is -0.465 e. The first-order valence-electron chi connectivity index (χ1n) is 7.20. The normalized spacial score (nSPS) is 15.8. The zero-order chi connectivity index (χ0) is 15.4. The third-order valence-electron chi connectivity index (χ3n) is 4.03. The molecule has 0 radical (unpaired) electrons. The maximum Gasteiger partial charge on any atom is 0.338 e. The van der Waals surface area contributed by atoms with Gasteiger partial charge in [0.1, 0.15) is 0 Å². The van der Waals surface area contributed by atoms with Crippen LogP contribution in [0.3, 0.4) is 0 Å². The van der Waals surface area contributed by atoms with Crippen LogP contribution >= 0.6 is 11.6 Å². The van der Waals surface area contributed by atoms with Crippen molar-refractivity contribution in [2.75, 3.05) is 38.8 Å². The highest BCUT2D eigenvalue weighted by molar-refractivity contribution is 6.31. The molecule has 0 unspecified atom stereocenters. The Kier molecular flexibility index (Phi) is 5.48. The van der Waals surface area contributed by atoms with Gasteiger partial charge in [0, 0.05) is 37.5 Å². The van der Waals surface area contributed by atoms with E-state index in [1.54, 1.807) is 6.07 Å². The standard InChI is InChI=1S/C16H22ClNO3/c1-11-14(16(19)20-3)8-13(17)9-15(11)18(2)10-12-4-6-21-7-5-12/h8-9,12H,4-7,10H2,1-3H3. The first-order valence-corrected chi connectivity index (χ1v) is 7.58. The van der Waals surface area contributed by atoms with Crippen molar-refractivity contribution in [3.8, 4) is 0 Å². The highest BCUT2D eigenvalue weighted by Crippen LogP contribution is 2.29. The largest absolute Gasteiger partial charge is 0.465 e. The van der Waals surface area contributed by atoms with E-state index < -0.39 is 0 Å². The third-order valence-corrected chi connectivity index (χ3v) is 4.25. The first kappa shape index (κ1) is 16.1. The van der Waals surface area contributed by atoms with Gasteiger partial charge in [-0.1, -0.05) is 11.6 Å². The Hall–Kier alpha value is -1.26. The molecule has 116 valence electrons. The van der Waals surface area contributed by atoms with Crippen molar-refractivity contribution in [2.24, 2.45) is 5.92 Å². The average Bonchev–Trinajstić information content (AvgIpc) is 2.49. The molecule has 1 fully saturated rings. The molecule has 0 bridgehead atoms. The molecule has 1 aliphatic rings. The molecule has 0 atom stereocenters. The van der Waals surface area contributed by atoms with Gasteiger partial charge in [-0.15, -0.1) is 0 Å². The van der Waals surface area contributed by atoms with E-state index >= 15 is 0 Å². The third kappa shape index (κ3) is 3.89. The Morgan fingerprint density at radius 1 is 1.43 bits per heavy atom. The number of methoxy groups -OCH3 is 1. The lowest BCUT2D eigenvalue weighted by Gasteiger charge is -2.30. The van der Waals surface area contributed by atoms with E-state index in [1.165, 1.54) is 7.11 Å². The zero-order valence-electron chi connectivity index (χ0n) is 12.8. The number of anilines is 1. The fourth-order valence-corrected chi connectivity index (χ4v) is 3.01. The predicted molar refractivity (Wildman–Crippen MR) is 84.3 cm³/mol. The van der Waals surface area contributed by atoms with Gasteiger partial charge in [0.05, 0.1) is 12.7 Å². The number of halogens is 1. The SMILES string of the molecule is COC(=O)c1cc(Cl)cc(N(C)CC2CCOCC2)c1C. The highest BCUT2D eigenvalue weighted by Gasteiger charge is 2.20. The molecule has 0 amide bonds. The van der Waals surface area contributed by atoms with Crippen LogP contribution in [0.25, 0.3) is 0 Å². The topological polar surface area (TPSA) is 38.8 Å². The second kappa shape index (κ2) is 7.14. The van der Waals surface area contributed by atoms with Crippen LogP contribution in [0.1, 0.15) is 28.8 Å². The summed E-state index contributed by atoms with van der Waals surface area (Å²) in [6, 6.07) is 3.57. The van der Waals surface area contributed by atoms with Crippen molar-refractivity contribution in [1.82, 2.24) is 0 Å². The summed E-state index contributed by atoms with van der Waals surface area (Å²) >= 11 is 6.16. The Bertz CT molecular complexity index is 512. The number of benzene rings is 1. The summed E-state index contributed by atoms with van der Waals surface area (Å²) in [7, 11) is 3.42. The van der Waals surface area contributed by atoms with Crippen LogP contribution in [0.5, 0.6) is 0 Å². The van der Waals surface area contributed by atoms with Crippen LogP contribution in [-0.4, -0.2) is 39.9 Å². The lowest BCUT2D eigenvalue weighted by atomic mass is 9.98. The summed E-state index contributed by atoms with van der Waals surface area (Å²) in [6.45, 7) is 4.53. The summed E-state index contributed by atoms with van der Waals surface area (Å²) in [6.07, 6.45) is 2.15. The van der Waals surface area contributed by atoms with Crippen molar-refractivity contribution in [1.29, 1.82) is 0 Å². The molecule has 5 heteroatoms. The molecule has 1 saturated heterocycles. The molecule has 0 aromatic heterocycles. The maximum absolute atomic E-state index is 11.8. The molecule has 1 aromatic carbocycles. The van der Waals surface area contributed by atoms with E-state index in [9.17, 15) is 4.79 Å². The number of nitrogens with zero attached hydrogens (tertiary/aromatic N) is 1. The summed E-state index contributed by atoms with van der Waals surface area (Å²) in [5.41, 5.74) is 2.41. The van der Waals surface area contributed by atoms with Gasteiger partial charge < -0.3 is 14.4 Å². The monoisotopic (exact) mass is 311 g/mol. The van der Waals surface area contributed by atoms with Crippen LogP contribution < -0.4 is 4.90 Å². The molecule has 0 spiro atoms. The zero-order valence-corrected chi connectivity index (χ0v) is 13.6. The lowest BCUT2D eigenvalue weighted by Crippen LogP contribution is -2.30. The molecule has 4 nitrogen and oxygen atoms in total. The predicted octanol–water partition coefficient (Wildman–Crippen LogP) is 3.30. The number of rotatable bonds is 4. The Morgan fingerprint density at radius 3 is 2.71 bits per heavy atom. The van der Waals surface area contributed by atoms with E-state index in [-0.39, 0.29) is 5.97 Å². The molecule has 1 aromatic rings. The number of hydrogen-bond donors (Lipinski definition) is 0. The number of carbonyl (C=O) groups is 1. The Balaban J connectivity index is 2.21. The molecule has 1 aliphatic heterocycles. The molecule has 1 heterocycles. The van der Waals surface area contributed by atoms with Crippen molar-refractivity contribution < 1.29 is 14.3 Å². The quantitative estimate of drug-likeness (QED) is 0.800. The van der Waals surface area contributed by atoms with E-state index in [1.807, 2.05) is 20.0 Å². The average molecular weight is 312 g/mol. The van der Waals surface area contributed by atoms with Gasteiger partial charge in [0.15, 0.2) is 0 Å². The molecule has 0 saturated carbocycles. The summed E-state index contributed by atoms with van der Waals surface area (Å²) < 4.78 is 10.2. The van der Waals surface area contributed by atoms with Gasteiger partial charge in [-0.05, 0) is 43.4 Å². The lowest BCUT2D eigenvalue weighted by molar-refractivity contribution is 0.0600. The van der Waals surface area contributed by atoms with E-state index in [0.717, 1.165) is 43.9 Å². The molecule has 0 N–H and O–H groups in total. The van der Waals surface area contributed by atoms with Crippen molar-refractivity contribution in [3.63, 3.8) is 0 Å². The fraction of sp³-hybridized carbons (Fsp3) is 0.562. The first-order chi connectivity index (χ1) is 10.0. The van der Waals surface area contributed by atoms with Gasteiger partial charge in [-0.25, -0.2) is 4.79 Å². The second-order valence-electron chi connectivity index (χ2n) is 5.53. The highest BCUT2D eigenvalue weighted by atomic mass is 35.5. The van der Waals surface area contributed by atoms with Gasteiger partial charge in [0.2, 0.25) is 0 Å². The minimum absolute atomic E-state index is 0.351. The molecule has 0 aliphatic carbocycles. The van der Waals surface area contributed by atoms with Crippen LogP contribution in [0, 0.1) is 12.8 Å². The number of ether oxygens (including phenoxy) is 2. The van der Waals surface area contributed by atoms with Crippen molar-refractivity contribution >= 4 is 23.3 Å². The molecular formula is C16H22ClNO3. The Labute approximate surface area is 131 Å². The van der Waals surface area contributed by atoms with Crippen LogP contribution in [-0.2, 0) is 9.47 Å². The summed E-state index contributed by atoms with van der Waals surface area (Å²) in [5, 5.41) is 0.551. The summed E-state index contributed by atoms with van der Waals surface area (Å²) in [4.78, 5) is 14.0. The van der Waals surface area contributed by atoms with Crippen molar-refractivity contribution in [2.45, 2.75) is 19.8 Å². The van der Waals surface area contributed by atoms with E-state index in [2.05, 4.69) is 4.90 Å². The minimum atomic E-state index is -0.351. The molecule has 2 rings (SSSR count). The fourth-order valence-electron chi connectivity index (χ4n) is 2.80. The van der Waals surface area contributed by atoms with Crippen LogP contribution in [0.15, 0.2) is 12.1 Å². The van der Waals surface area contributed by atoms with Crippen LogP contribution in [0.2, 0.25) is 5.02 Å². The summed E-state index contributed by atoms with van der Waals surface area (Å²) in [5.74, 6) is 0.263. The Morgan fingerprint density at radius 2 is 2.10 bits per heavy atom. The molecular weight excluding hydrogens is 290 g/mol. The molecule has 21 heavy (non-hydrogen) atoms. The number of esters is 1. The van der Waals surface area contributed by atoms with E-state index in [4.69, 9.17) is 21.1 Å². The van der Waals surface area contributed by atoms with Gasteiger partial charge in [0.25, 0.3) is 0 Å². The van der Waals surface area contributed by atoms with Gasteiger partial charge in [-0.3, -0.25) is 0 Å². The van der Waals surface area contributed by atoms with Gasteiger partial charge in [-0.2, -0.15) is 0 Å². The smallest absolute Gasteiger partial charge is 0.338 e. The van der Waals surface area contributed by atoms with Gasteiger partial charge >= 0.3 is 5.97 Å². The number of hydrogen-bond acceptors (Lipinski definition) is 4. The van der Waals surface area contributed by atoms with Crippen molar-refractivity contribution in [3.05, 3.63) is 28.3 Å². The number of carbonyl (C=O) groups excluding carboxylic acids is 1. The van der Waals surface area contributed by atoms with Crippen LogP contribution in [0.4, 0.5) is 5.69 Å². The maximum atomic E-state index is 11.8. The second-order valence-corrected chi connectivity index (χ2v) is 5.96.